The van der Waals surface area contributed by atoms with Gasteiger partial charge in [0.15, 0.2) is 0 Å². The maximum absolute atomic E-state index is 6.28. The molecule has 3 aliphatic rings. The molecule has 0 unspecified atom stereocenters. The van der Waals surface area contributed by atoms with Crippen molar-refractivity contribution < 1.29 is 0 Å². The highest BCUT2D eigenvalue weighted by Crippen LogP contribution is 2.74. The van der Waals surface area contributed by atoms with Crippen LogP contribution in [-0.2, 0) is 0 Å². The molecule has 3 rings (SSSR count). The van der Waals surface area contributed by atoms with Crippen molar-refractivity contribution in [3.8, 4) is 0 Å². The number of hydrogen-bond donors (Lipinski definition) is 1. The van der Waals surface area contributed by atoms with E-state index in [1.807, 2.05) is 0 Å². The lowest BCUT2D eigenvalue weighted by atomic mass is 9.30. The summed E-state index contributed by atoms with van der Waals surface area (Å²) in [6.45, 7) is 14.5. The third-order valence-electron chi connectivity index (χ3n) is 5.47. The highest BCUT2D eigenvalue weighted by atomic mass is 14.8. The molecule has 1 atom stereocenters. The minimum atomic E-state index is 0.307. The lowest BCUT2D eigenvalue weighted by Gasteiger charge is -2.75. The van der Waals surface area contributed by atoms with Crippen LogP contribution >= 0.6 is 0 Å². The van der Waals surface area contributed by atoms with Gasteiger partial charge in [-0.25, -0.2) is 0 Å². The third kappa shape index (κ3) is 0.900. The fraction of sp³-hybridized carbons (Fsp3) is 1.00. The summed E-state index contributed by atoms with van der Waals surface area (Å²) in [5, 5.41) is 0. The van der Waals surface area contributed by atoms with Crippen LogP contribution < -0.4 is 5.73 Å². The molecule has 0 aromatic carbocycles. The standard InChI is InChI=1S/C13H25N/c1-11(2)8-7-9(14)13(5,6)10(11)12(8,3)4/h8-10H,7,14H2,1-6H3/t8?,9-,10?/m0/s1. The van der Waals surface area contributed by atoms with Gasteiger partial charge in [0.05, 0.1) is 0 Å². The van der Waals surface area contributed by atoms with Crippen LogP contribution in [0.3, 0.4) is 0 Å². The Morgan fingerprint density at radius 3 is 1.57 bits per heavy atom. The normalized spacial score (nSPS) is 46.9. The Hall–Kier alpha value is -0.0400. The summed E-state index contributed by atoms with van der Waals surface area (Å²) in [6, 6.07) is 0.401. The minimum absolute atomic E-state index is 0.307. The number of fused-ring (bicyclic) bond motifs is 2. The second kappa shape index (κ2) is 2.37. The highest BCUT2D eigenvalue weighted by molar-refractivity contribution is 5.19. The van der Waals surface area contributed by atoms with Crippen LogP contribution in [-0.4, -0.2) is 6.04 Å². The molecule has 14 heavy (non-hydrogen) atoms. The summed E-state index contributed by atoms with van der Waals surface area (Å²) in [7, 11) is 0. The molecule has 2 bridgehead atoms. The van der Waals surface area contributed by atoms with E-state index < -0.39 is 0 Å². The van der Waals surface area contributed by atoms with Crippen molar-refractivity contribution in [2.75, 3.05) is 0 Å². The average molecular weight is 195 g/mol. The van der Waals surface area contributed by atoms with Crippen molar-refractivity contribution in [3.05, 3.63) is 0 Å². The molecular formula is C13H25N. The maximum atomic E-state index is 6.28. The van der Waals surface area contributed by atoms with Gasteiger partial charge in [-0.05, 0) is 34.5 Å². The summed E-state index contributed by atoms with van der Waals surface area (Å²) < 4.78 is 0. The van der Waals surface area contributed by atoms with Crippen LogP contribution in [0.1, 0.15) is 48.0 Å². The Balaban J connectivity index is 2.42. The van der Waals surface area contributed by atoms with Gasteiger partial charge >= 0.3 is 0 Å². The van der Waals surface area contributed by atoms with E-state index in [1.165, 1.54) is 6.42 Å². The van der Waals surface area contributed by atoms with E-state index in [2.05, 4.69) is 41.5 Å². The quantitative estimate of drug-likeness (QED) is 0.631. The molecule has 3 saturated carbocycles. The molecule has 3 aliphatic carbocycles. The summed E-state index contributed by atoms with van der Waals surface area (Å²) in [5.41, 5.74) is 7.59. The zero-order chi connectivity index (χ0) is 10.9. The van der Waals surface area contributed by atoms with Gasteiger partial charge in [0.1, 0.15) is 0 Å². The van der Waals surface area contributed by atoms with Crippen LogP contribution in [0.2, 0.25) is 0 Å². The van der Waals surface area contributed by atoms with Crippen molar-refractivity contribution in [1.29, 1.82) is 0 Å². The van der Waals surface area contributed by atoms with Crippen molar-refractivity contribution in [2.24, 2.45) is 33.8 Å². The molecule has 1 heteroatoms. The molecular weight excluding hydrogens is 170 g/mol. The topological polar surface area (TPSA) is 26.0 Å². The molecule has 0 heterocycles. The van der Waals surface area contributed by atoms with Crippen LogP contribution in [0.25, 0.3) is 0 Å². The van der Waals surface area contributed by atoms with Gasteiger partial charge in [-0.15, -0.1) is 0 Å². The molecule has 0 saturated heterocycles. The number of nitrogens with two attached hydrogens (primary N) is 1. The second-order valence-corrected chi connectivity index (χ2v) is 7.29. The predicted molar refractivity (Wildman–Crippen MR) is 60.9 cm³/mol. The van der Waals surface area contributed by atoms with Crippen LogP contribution in [0.15, 0.2) is 0 Å². The Bertz CT molecular complexity index is 246. The first kappa shape index (κ1) is 10.5. The van der Waals surface area contributed by atoms with Crippen molar-refractivity contribution >= 4 is 0 Å². The fourth-order valence-electron chi connectivity index (χ4n) is 5.52. The predicted octanol–water partition coefficient (Wildman–Crippen LogP) is 3.04. The SMILES string of the molecule is CC1(C)C2C[C@H](N)C(C)(C)C1C2(C)C. The molecule has 82 valence electrons. The zero-order valence-electron chi connectivity index (χ0n) is 10.5. The average Bonchev–Trinajstić information content (AvgIpc) is 1.93. The molecule has 0 aromatic rings. The Kier molecular flexibility index (Phi) is 1.77. The van der Waals surface area contributed by atoms with Crippen LogP contribution in [0.4, 0.5) is 0 Å². The summed E-state index contributed by atoms with van der Waals surface area (Å²) in [4.78, 5) is 0. The van der Waals surface area contributed by atoms with E-state index in [1.54, 1.807) is 0 Å². The zero-order valence-corrected chi connectivity index (χ0v) is 10.5. The van der Waals surface area contributed by atoms with E-state index in [0.29, 0.717) is 22.3 Å². The molecule has 0 aromatic heterocycles. The smallest absolute Gasteiger partial charge is 0.00963 e. The molecule has 0 aliphatic heterocycles. The Morgan fingerprint density at radius 2 is 1.29 bits per heavy atom. The van der Waals surface area contributed by atoms with E-state index >= 15 is 0 Å². The van der Waals surface area contributed by atoms with E-state index in [9.17, 15) is 0 Å². The van der Waals surface area contributed by atoms with Crippen molar-refractivity contribution in [1.82, 2.24) is 0 Å². The fourth-order valence-corrected chi connectivity index (χ4v) is 5.52. The number of rotatable bonds is 0. The molecule has 0 amide bonds. The van der Waals surface area contributed by atoms with Gasteiger partial charge in [0.25, 0.3) is 0 Å². The Morgan fingerprint density at radius 1 is 0.857 bits per heavy atom. The highest BCUT2D eigenvalue weighted by Gasteiger charge is 2.70. The van der Waals surface area contributed by atoms with Gasteiger partial charge in [0, 0.05) is 6.04 Å². The molecule has 0 spiro atoms. The lowest BCUT2D eigenvalue weighted by Crippen LogP contribution is -2.72. The van der Waals surface area contributed by atoms with Gasteiger partial charge in [-0.1, -0.05) is 41.5 Å². The monoisotopic (exact) mass is 195 g/mol. The van der Waals surface area contributed by atoms with Crippen molar-refractivity contribution in [2.45, 2.75) is 54.0 Å². The van der Waals surface area contributed by atoms with Crippen molar-refractivity contribution in [3.63, 3.8) is 0 Å². The number of hydrogen-bond acceptors (Lipinski definition) is 1. The summed E-state index contributed by atoms with van der Waals surface area (Å²) >= 11 is 0. The van der Waals surface area contributed by atoms with Gasteiger partial charge < -0.3 is 5.73 Å². The summed E-state index contributed by atoms with van der Waals surface area (Å²) in [5.74, 6) is 1.60. The van der Waals surface area contributed by atoms with E-state index in [-0.39, 0.29) is 0 Å². The largest absolute Gasteiger partial charge is 0.327 e. The van der Waals surface area contributed by atoms with Gasteiger partial charge in [-0.3, -0.25) is 0 Å². The van der Waals surface area contributed by atoms with Crippen LogP contribution in [0.5, 0.6) is 0 Å². The molecule has 0 radical (unpaired) electrons. The van der Waals surface area contributed by atoms with E-state index in [0.717, 1.165) is 11.8 Å². The first-order valence-corrected chi connectivity index (χ1v) is 5.88. The van der Waals surface area contributed by atoms with Gasteiger partial charge in [-0.2, -0.15) is 0 Å². The third-order valence-corrected chi connectivity index (χ3v) is 5.47. The minimum Gasteiger partial charge on any atom is -0.327 e. The summed E-state index contributed by atoms with van der Waals surface area (Å²) in [6.07, 6.45) is 1.21. The van der Waals surface area contributed by atoms with Crippen LogP contribution in [0, 0.1) is 28.1 Å². The molecule has 3 fully saturated rings. The van der Waals surface area contributed by atoms with Gasteiger partial charge in [0.2, 0.25) is 0 Å². The molecule has 2 N–H and O–H groups in total. The molecule has 1 nitrogen and oxygen atoms in total. The van der Waals surface area contributed by atoms with E-state index in [4.69, 9.17) is 5.73 Å². The Labute approximate surface area is 88.4 Å². The lowest BCUT2D eigenvalue weighted by molar-refractivity contribution is -0.257. The first-order chi connectivity index (χ1) is 6.13. The second-order valence-electron chi connectivity index (χ2n) is 7.29. The first-order valence-electron chi connectivity index (χ1n) is 5.88. The maximum Gasteiger partial charge on any atom is 0.00963 e.